The molecule has 0 aliphatic rings. The first-order chi connectivity index (χ1) is 13.8. The van der Waals surface area contributed by atoms with Crippen LogP contribution in [0, 0.1) is 13.8 Å². The maximum atomic E-state index is 13.0. The van der Waals surface area contributed by atoms with Gasteiger partial charge >= 0.3 is 0 Å². The Hall–Kier alpha value is -3.15. The zero-order valence-corrected chi connectivity index (χ0v) is 17.5. The van der Waals surface area contributed by atoms with Crippen LogP contribution >= 0.6 is 0 Å². The molecule has 0 radical (unpaired) electrons. The van der Waals surface area contributed by atoms with Crippen molar-refractivity contribution in [2.45, 2.75) is 53.3 Å². The Morgan fingerprint density at radius 1 is 1.07 bits per heavy atom. The summed E-state index contributed by atoms with van der Waals surface area (Å²) in [4.78, 5) is 19.2. The number of hydrogen-bond donors (Lipinski definition) is 0. The lowest BCUT2D eigenvalue weighted by Gasteiger charge is -2.28. The summed E-state index contributed by atoms with van der Waals surface area (Å²) in [7, 11) is 0. The van der Waals surface area contributed by atoms with Crippen molar-refractivity contribution in [2.24, 2.45) is 0 Å². The van der Waals surface area contributed by atoms with Gasteiger partial charge in [-0.2, -0.15) is 4.98 Å². The number of benzene rings is 2. The second kappa shape index (κ2) is 8.90. The normalized spacial score (nSPS) is 12.1. The predicted octanol–water partition coefficient (Wildman–Crippen LogP) is 4.56. The third-order valence-corrected chi connectivity index (χ3v) is 4.61. The average molecular weight is 393 g/mol. The molecule has 1 heterocycles. The number of rotatable bonds is 7. The highest BCUT2D eigenvalue weighted by Gasteiger charge is 2.26. The highest BCUT2D eigenvalue weighted by atomic mass is 16.5. The monoisotopic (exact) mass is 393 g/mol. The molecule has 2 aromatic carbocycles. The Balaban J connectivity index is 1.72. The van der Waals surface area contributed by atoms with Gasteiger partial charge in [-0.1, -0.05) is 41.1 Å². The van der Waals surface area contributed by atoms with E-state index in [0.29, 0.717) is 17.5 Å². The number of carbonyl (C=O) groups is 1. The van der Waals surface area contributed by atoms with Crippen LogP contribution in [0.5, 0.6) is 5.75 Å². The zero-order valence-electron chi connectivity index (χ0n) is 17.5. The van der Waals surface area contributed by atoms with Crippen molar-refractivity contribution in [2.75, 3.05) is 0 Å². The van der Waals surface area contributed by atoms with Crippen LogP contribution in [0.2, 0.25) is 0 Å². The number of amides is 1. The van der Waals surface area contributed by atoms with Gasteiger partial charge < -0.3 is 14.2 Å². The van der Waals surface area contributed by atoms with Crippen molar-refractivity contribution in [1.29, 1.82) is 0 Å². The van der Waals surface area contributed by atoms with Gasteiger partial charge in [0, 0.05) is 11.6 Å². The number of carbonyl (C=O) groups excluding carboxylic acids is 1. The van der Waals surface area contributed by atoms with Gasteiger partial charge in [0.05, 0.1) is 0 Å². The molecule has 3 aromatic rings. The quantitative estimate of drug-likeness (QED) is 0.589. The largest absolute Gasteiger partial charge is 0.481 e. The van der Waals surface area contributed by atoms with E-state index in [1.54, 1.807) is 11.8 Å². The number of aromatic nitrogens is 2. The minimum Gasteiger partial charge on any atom is -0.481 e. The highest BCUT2D eigenvalue weighted by molar-refractivity contribution is 5.81. The lowest BCUT2D eigenvalue weighted by atomic mass is 10.1. The molecule has 0 aliphatic heterocycles. The van der Waals surface area contributed by atoms with Crippen LogP contribution < -0.4 is 4.74 Å². The molecule has 0 fully saturated rings. The van der Waals surface area contributed by atoms with E-state index >= 15 is 0 Å². The molecule has 0 saturated carbocycles. The van der Waals surface area contributed by atoms with Crippen molar-refractivity contribution in [3.8, 4) is 17.1 Å². The second-order valence-corrected chi connectivity index (χ2v) is 7.52. The summed E-state index contributed by atoms with van der Waals surface area (Å²) < 4.78 is 11.3. The SMILES string of the molecule is Cc1cccc(O[C@@H](C)C(=O)N(Cc2nc(-c3cccc(C)c3)no2)C(C)C)c1. The van der Waals surface area contributed by atoms with Gasteiger partial charge in [0.1, 0.15) is 12.3 Å². The van der Waals surface area contributed by atoms with Crippen molar-refractivity contribution >= 4 is 5.91 Å². The van der Waals surface area contributed by atoms with Crippen LogP contribution in [0.25, 0.3) is 11.4 Å². The van der Waals surface area contributed by atoms with E-state index in [0.717, 1.165) is 16.7 Å². The summed E-state index contributed by atoms with van der Waals surface area (Å²) >= 11 is 0. The van der Waals surface area contributed by atoms with E-state index in [9.17, 15) is 4.79 Å². The van der Waals surface area contributed by atoms with Crippen molar-refractivity contribution in [3.05, 3.63) is 65.5 Å². The van der Waals surface area contributed by atoms with Gasteiger partial charge in [-0.25, -0.2) is 0 Å². The number of hydrogen-bond acceptors (Lipinski definition) is 5. The first kappa shape index (κ1) is 20.6. The summed E-state index contributed by atoms with van der Waals surface area (Å²) in [6.45, 7) is 9.90. The lowest BCUT2D eigenvalue weighted by Crippen LogP contribution is -2.43. The van der Waals surface area contributed by atoms with Crippen LogP contribution in [-0.2, 0) is 11.3 Å². The molecule has 0 unspecified atom stereocenters. The van der Waals surface area contributed by atoms with Gasteiger partial charge in [0.15, 0.2) is 6.10 Å². The van der Waals surface area contributed by atoms with Gasteiger partial charge in [0.2, 0.25) is 11.7 Å². The second-order valence-electron chi connectivity index (χ2n) is 7.52. The van der Waals surface area contributed by atoms with E-state index < -0.39 is 6.10 Å². The van der Waals surface area contributed by atoms with Crippen molar-refractivity contribution in [3.63, 3.8) is 0 Å². The Labute approximate surface area is 171 Å². The van der Waals surface area contributed by atoms with E-state index in [1.807, 2.05) is 76.2 Å². The lowest BCUT2D eigenvalue weighted by molar-refractivity contribution is -0.140. The molecule has 152 valence electrons. The minimum absolute atomic E-state index is 0.0413. The van der Waals surface area contributed by atoms with Gasteiger partial charge in [-0.3, -0.25) is 4.79 Å². The molecule has 6 heteroatoms. The molecule has 29 heavy (non-hydrogen) atoms. The molecule has 1 atom stereocenters. The number of ether oxygens (including phenoxy) is 1. The first-order valence-electron chi connectivity index (χ1n) is 9.77. The zero-order chi connectivity index (χ0) is 21.0. The average Bonchev–Trinajstić information content (AvgIpc) is 3.14. The van der Waals surface area contributed by atoms with Gasteiger partial charge in [-0.05, 0) is 58.4 Å². The van der Waals surface area contributed by atoms with E-state index in [2.05, 4.69) is 10.1 Å². The fourth-order valence-electron chi connectivity index (χ4n) is 3.06. The van der Waals surface area contributed by atoms with Crippen LogP contribution in [0.15, 0.2) is 53.1 Å². The molecule has 0 saturated heterocycles. The van der Waals surface area contributed by atoms with Crippen molar-refractivity contribution < 1.29 is 14.1 Å². The summed E-state index contributed by atoms with van der Waals surface area (Å²) in [5, 5.41) is 4.07. The molecule has 3 rings (SSSR count). The standard InChI is InChI=1S/C23H27N3O3/c1-15(2)26(23(27)18(5)28-20-11-7-9-17(4)13-20)14-21-24-22(25-29-21)19-10-6-8-16(3)12-19/h6-13,15,18H,14H2,1-5H3/t18-/m0/s1. The molecule has 1 aromatic heterocycles. The third kappa shape index (κ3) is 5.22. The maximum absolute atomic E-state index is 13.0. The van der Waals surface area contributed by atoms with Crippen LogP contribution in [-0.4, -0.2) is 33.1 Å². The van der Waals surface area contributed by atoms with Crippen LogP contribution in [0.1, 0.15) is 37.8 Å². The molecule has 0 N–H and O–H groups in total. The minimum atomic E-state index is -0.627. The van der Waals surface area contributed by atoms with Gasteiger partial charge in [0.25, 0.3) is 5.91 Å². The highest BCUT2D eigenvalue weighted by Crippen LogP contribution is 2.19. The summed E-state index contributed by atoms with van der Waals surface area (Å²) in [6.07, 6.45) is -0.627. The van der Waals surface area contributed by atoms with Crippen LogP contribution in [0.3, 0.4) is 0 Å². The Morgan fingerprint density at radius 2 is 1.76 bits per heavy atom. The summed E-state index contributed by atoms with van der Waals surface area (Å²) in [5.41, 5.74) is 3.09. The van der Waals surface area contributed by atoms with Crippen LogP contribution in [0.4, 0.5) is 0 Å². The molecular weight excluding hydrogens is 366 g/mol. The first-order valence-corrected chi connectivity index (χ1v) is 9.77. The summed E-state index contributed by atoms with van der Waals surface area (Å²) in [5.74, 6) is 1.46. The molecule has 0 spiro atoms. The fourth-order valence-corrected chi connectivity index (χ4v) is 3.06. The van der Waals surface area contributed by atoms with Gasteiger partial charge in [-0.15, -0.1) is 0 Å². The maximum Gasteiger partial charge on any atom is 0.264 e. The number of nitrogens with zero attached hydrogens (tertiary/aromatic N) is 3. The third-order valence-electron chi connectivity index (χ3n) is 4.61. The Kier molecular flexibility index (Phi) is 6.32. The molecule has 1 amide bonds. The molecule has 0 aliphatic carbocycles. The predicted molar refractivity (Wildman–Crippen MR) is 111 cm³/mol. The van der Waals surface area contributed by atoms with E-state index in [-0.39, 0.29) is 18.5 Å². The summed E-state index contributed by atoms with van der Waals surface area (Å²) in [6, 6.07) is 15.5. The van der Waals surface area contributed by atoms with E-state index in [1.165, 1.54) is 0 Å². The van der Waals surface area contributed by atoms with Crippen molar-refractivity contribution in [1.82, 2.24) is 15.0 Å². The van der Waals surface area contributed by atoms with E-state index in [4.69, 9.17) is 9.26 Å². The Bertz CT molecular complexity index is 981. The topological polar surface area (TPSA) is 68.5 Å². The number of aryl methyl sites for hydroxylation is 2. The Morgan fingerprint density at radius 3 is 2.41 bits per heavy atom. The fraction of sp³-hybridized carbons (Fsp3) is 0.348. The smallest absolute Gasteiger partial charge is 0.264 e. The molecule has 0 bridgehead atoms. The molecular formula is C23H27N3O3. The molecule has 6 nitrogen and oxygen atoms in total.